The van der Waals surface area contributed by atoms with E-state index in [4.69, 9.17) is 4.74 Å². The summed E-state index contributed by atoms with van der Waals surface area (Å²) in [5.41, 5.74) is 1.97. The Labute approximate surface area is 118 Å². The molecule has 2 saturated heterocycles. The average molecular weight is 274 g/mol. The average Bonchev–Trinajstić information content (AvgIpc) is 2.79. The molecule has 2 aliphatic heterocycles. The molecular weight excluding hydrogens is 256 g/mol. The summed E-state index contributed by atoms with van der Waals surface area (Å²) < 4.78 is 5.35. The first-order chi connectivity index (χ1) is 9.74. The number of nitrogens with zero attached hydrogens (tertiary/aromatic N) is 2. The molecule has 0 atom stereocenters. The van der Waals surface area contributed by atoms with Crippen LogP contribution in [0.4, 0.5) is 5.69 Å². The van der Waals surface area contributed by atoms with Crippen LogP contribution in [0.25, 0.3) is 0 Å². The first-order valence-electron chi connectivity index (χ1n) is 6.94. The minimum Gasteiger partial charge on any atom is -0.379 e. The SMILES string of the molecule is O=C1CC(=O)N(c2ccccc2CN2CCOCC2)C1. The topological polar surface area (TPSA) is 49.9 Å². The van der Waals surface area contributed by atoms with Gasteiger partial charge in [-0.2, -0.15) is 0 Å². The van der Waals surface area contributed by atoms with Gasteiger partial charge < -0.3 is 9.64 Å². The highest BCUT2D eigenvalue weighted by Crippen LogP contribution is 2.25. The lowest BCUT2D eigenvalue weighted by Crippen LogP contribution is -2.36. The molecule has 3 rings (SSSR count). The van der Waals surface area contributed by atoms with Gasteiger partial charge in [0.1, 0.15) is 0 Å². The number of ether oxygens (including phenoxy) is 1. The molecule has 0 bridgehead atoms. The number of hydrogen-bond donors (Lipinski definition) is 0. The largest absolute Gasteiger partial charge is 0.379 e. The van der Waals surface area contributed by atoms with Crippen molar-refractivity contribution in [2.24, 2.45) is 0 Å². The molecule has 0 aliphatic carbocycles. The van der Waals surface area contributed by atoms with Gasteiger partial charge in [-0.15, -0.1) is 0 Å². The Morgan fingerprint density at radius 2 is 1.85 bits per heavy atom. The second-order valence-corrected chi connectivity index (χ2v) is 5.21. The van der Waals surface area contributed by atoms with Gasteiger partial charge in [0.15, 0.2) is 5.78 Å². The van der Waals surface area contributed by atoms with Crippen LogP contribution in [0.2, 0.25) is 0 Å². The van der Waals surface area contributed by atoms with Gasteiger partial charge in [0, 0.05) is 25.3 Å². The predicted octanol–water partition coefficient (Wildman–Crippen LogP) is 0.825. The van der Waals surface area contributed by atoms with Crippen LogP contribution in [-0.4, -0.2) is 49.4 Å². The Kier molecular flexibility index (Phi) is 3.80. The molecule has 2 aliphatic rings. The minimum absolute atomic E-state index is 0.00354. The van der Waals surface area contributed by atoms with Gasteiger partial charge in [-0.1, -0.05) is 18.2 Å². The molecule has 1 amide bonds. The zero-order valence-electron chi connectivity index (χ0n) is 11.4. The highest BCUT2D eigenvalue weighted by atomic mass is 16.5. The Bertz CT molecular complexity index is 524. The van der Waals surface area contributed by atoms with Gasteiger partial charge in [0.05, 0.1) is 26.2 Å². The summed E-state index contributed by atoms with van der Waals surface area (Å²) in [6, 6.07) is 7.84. The molecule has 0 saturated carbocycles. The van der Waals surface area contributed by atoms with E-state index >= 15 is 0 Å². The van der Waals surface area contributed by atoms with Gasteiger partial charge in [0.2, 0.25) is 5.91 Å². The van der Waals surface area contributed by atoms with Crippen LogP contribution < -0.4 is 4.90 Å². The Hall–Kier alpha value is -1.72. The molecule has 0 radical (unpaired) electrons. The van der Waals surface area contributed by atoms with E-state index in [0.29, 0.717) is 0 Å². The number of anilines is 1. The highest BCUT2D eigenvalue weighted by Gasteiger charge is 2.30. The van der Waals surface area contributed by atoms with Gasteiger partial charge in [-0.05, 0) is 11.6 Å². The number of hydrogen-bond acceptors (Lipinski definition) is 4. The maximum atomic E-state index is 11.9. The monoisotopic (exact) mass is 274 g/mol. The summed E-state index contributed by atoms with van der Waals surface area (Å²) in [6.45, 7) is 4.31. The van der Waals surface area contributed by atoms with Crippen molar-refractivity contribution in [3.8, 4) is 0 Å². The number of rotatable bonds is 3. The molecular formula is C15H18N2O3. The van der Waals surface area contributed by atoms with Crippen molar-refractivity contribution in [3.63, 3.8) is 0 Å². The maximum Gasteiger partial charge on any atom is 0.234 e. The molecule has 5 heteroatoms. The van der Waals surface area contributed by atoms with Crippen LogP contribution in [-0.2, 0) is 20.9 Å². The fraction of sp³-hybridized carbons (Fsp3) is 0.467. The summed E-state index contributed by atoms with van der Waals surface area (Å²) in [5, 5.41) is 0. The molecule has 0 unspecified atom stereocenters. The lowest BCUT2D eigenvalue weighted by atomic mass is 10.1. The van der Waals surface area contributed by atoms with Crippen LogP contribution in [0, 0.1) is 0 Å². The number of carbonyl (C=O) groups is 2. The van der Waals surface area contributed by atoms with E-state index in [1.807, 2.05) is 24.3 Å². The summed E-state index contributed by atoms with van der Waals surface area (Å²) in [5.74, 6) is -0.0967. The molecule has 0 spiro atoms. The number of carbonyl (C=O) groups excluding carboxylic acids is 2. The molecule has 0 aromatic heterocycles. The molecule has 20 heavy (non-hydrogen) atoms. The van der Waals surface area contributed by atoms with Crippen molar-refractivity contribution in [2.45, 2.75) is 13.0 Å². The summed E-state index contributed by atoms with van der Waals surface area (Å²) >= 11 is 0. The second-order valence-electron chi connectivity index (χ2n) is 5.21. The number of morpholine rings is 1. The minimum atomic E-state index is -0.0931. The van der Waals surface area contributed by atoms with E-state index in [1.54, 1.807) is 4.90 Å². The van der Waals surface area contributed by atoms with Crippen molar-refractivity contribution in [3.05, 3.63) is 29.8 Å². The van der Waals surface area contributed by atoms with Crippen LogP contribution in [0.15, 0.2) is 24.3 Å². The molecule has 0 N–H and O–H groups in total. The Morgan fingerprint density at radius 1 is 1.10 bits per heavy atom. The fourth-order valence-corrected chi connectivity index (χ4v) is 2.71. The van der Waals surface area contributed by atoms with E-state index in [2.05, 4.69) is 4.90 Å². The molecule has 106 valence electrons. The van der Waals surface area contributed by atoms with E-state index < -0.39 is 0 Å². The lowest BCUT2D eigenvalue weighted by Gasteiger charge is -2.28. The molecule has 2 heterocycles. The van der Waals surface area contributed by atoms with Crippen molar-refractivity contribution in [2.75, 3.05) is 37.7 Å². The van der Waals surface area contributed by atoms with Crippen molar-refractivity contribution < 1.29 is 14.3 Å². The van der Waals surface area contributed by atoms with E-state index in [0.717, 1.165) is 44.1 Å². The third kappa shape index (κ3) is 2.73. The van der Waals surface area contributed by atoms with Crippen LogP contribution in [0.1, 0.15) is 12.0 Å². The van der Waals surface area contributed by atoms with Crippen molar-refractivity contribution in [1.29, 1.82) is 0 Å². The van der Waals surface area contributed by atoms with Crippen LogP contribution in [0.3, 0.4) is 0 Å². The van der Waals surface area contributed by atoms with Gasteiger partial charge in [0.25, 0.3) is 0 Å². The van der Waals surface area contributed by atoms with E-state index in [1.165, 1.54) is 0 Å². The van der Waals surface area contributed by atoms with Gasteiger partial charge in [-0.25, -0.2) is 0 Å². The Morgan fingerprint density at radius 3 is 2.55 bits per heavy atom. The maximum absolute atomic E-state index is 11.9. The van der Waals surface area contributed by atoms with Crippen LogP contribution in [0.5, 0.6) is 0 Å². The number of para-hydroxylation sites is 1. The van der Waals surface area contributed by atoms with E-state index in [-0.39, 0.29) is 24.7 Å². The normalized spacial score (nSPS) is 20.7. The third-order valence-electron chi connectivity index (χ3n) is 3.76. The zero-order valence-corrected chi connectivity index (χ0v) is 11.4. The first-order valence-corrected chi connectivity index (χ1v) is 6.94. The first kappa shape index (κ1) is 13.3. The van der Waals surface area contributed by atoms with E-state index in [9.17, 15) is 9.59 Å². The number of ketones is 1. The van der Waals surface area contributed by atoms with Gasteiger partial charge in [-0.3, -0.25) is 14.5 Å². The lowest BCUT2D eigenvalue weighted by molar-refractivity contribution is -0.121. The standard InChI is InChI=1S/C15H18N2O3/c18-13-9-15(19)17(11-13)14-4-2-1-3-12(14)10-16-5-7-20-8-6-16/h1-4H,5-11H2. The van der Waals surface area contributed by atoms with Crippen molar-refractivity contribution in [1.82, 2.24) is 4.90 Å². The quantitative estimate of drug-likeness (QED) is 0.766. The van der Waals surface area contributed by atoms with Crippen molar-refractivity contribution >= 4 is 17.4 Å². The predicted molar refractivity (Wildman–Crippen MR) is 74.5 cm³/mol. The molecule has 5 nitrogen and oxygen atoms in total. The number of Topliss-reactive ketones (excluding diaryl/α,β-unsaturated/α-hetero) is 1. The summed E-state index contributed by atoms with van der Waals surface area (Å²) in [7, 11) is 0. The van der Waals surface area contributed by atoms with Gasteiger partial charge >= 0.3 is 0 Å². The zero-order chi connectivity index (χ0) is 13.9. The third-order valence-corrected chi connectivity index (χ3v) is 3.76. The Balaban J connectivity index is 1.80. The fourth-order valence-electron chi connectivity index (χ4n) is 2.71. The summed E-state index contributed by atoms with van der Waals surface area (Å²) in [6.07, 6.45) is 0.0336. The number of amides is 1. The molecule has 1 aromatic rings. The number of benzene rings is 1. The smallest absolute Gasteiger partial charge is 0.234 e. The summed E-state index contributed by atoms with van der Waals surface area (Å²) in [4.78, 5) is 27.3. The second kappa shape index (κ2) is 5.73. The highest BCUT2D eigenvalue weighted by molar-refractivity contribution is 6.15. The molecule has 2 fully saturated rings. The molecule has 1 aromatic carbocycles. The van der Waals surface area contributed by atoms with Crippen LogP contribution >= 0.6 is 0 Å².